The van der Waals surface area contributed by atoms with E-state index in [9.17, 15) is 0 Å². The molecule has 0 saturated carbocycles. The van der Waals surface area contributed by atoms with Crippen LogP contribution in [-0.2, 0) is 0 Å². The summed E-state index contributed by atoms with van der Waals surface area (Å²) in [5.74, 6) is 3.36. The summed E-state index contributed by atoms with van der Waals surface area (Å²) in [5, 5.41) is 2.31. The van der Waals surface area contributed by atoms with Crippen molar-refractivity contribution < 1.29 is 0 Å². The van der Waals surface area contributed by atoms with Gasteiger partial charge in [0.1, 0.15) is 0 Å². The van der Waals surface area contributed by atoms with Crippen LogP contribution in [-0.4, -0.2) is 34.5 Å². The number of aromatic nitrogens is 7. The van der Waals surface area contributed by atoms with Crippen LogP contribution in [0.25, 0.3) is 118 Å². The van der Waals surface area contributed by atoms with Crippen LogP contribution in [0, 0.1) is 0 Å². The van der Waals surface area contributed by atoms with Gasteiger partial charge in [-0.1, -0.05) is 212 Å². The molecule has 67 heavy (non-hydrogen) atoms. The van der Waals surface area contributed by atoms with Crippen molar-refractivity contribution in [2.75, 3.05) is 0 Å². The van der Waals surface area contributed by atoms with Crippen LogP contribution in [0.15, 0.2) is 237 Å². The standard InChI is InChI=1S/C60H39N7/c1-7-21-40(22-8-1)47-37-38-49(54-53(47)50-33-19-20-34-52(50)67(54)46-31-17-6-18-32-46)48-36-35-45(59-63-55(41-23-9-2-10-24-41)61-56(64-59)42-25-11-3-12-26-42)39-51(48)60-65-57(43-27-13-4-14-28-43)62-58(66-60)44-29-15-5-16-30-44/h1-39H. The normalized spacial score (nSPS) is 11.3. The lowest BCUT2D eigenvalue weighted by atomic mass is 9.91. The molecule has 9 aromatic carbocycles. The Morgan fingerprint density at radius 1 is 0.254 bits per heavy atom. The predicted octanol–water partition coefficient (Wildman–Crippen LogP) is 14.5. The van der Waals surface area contributed by atoms with E-state index < -0.39 is 0 Å². The number of benzene rings is 9. The highest BCUT2D eigenvalue weighted by atomic mass is 15.0. The number of hydrogen-bond acceptors (Lipinski definition) is 6. The Morgan fingerprint density at radius 3 is 1.12 bits per heavy atom. The van der Waals surface area contributed by atoms with Crippen molar-refractivity contribution >= 4 is 21.8 Å². The van der Waals surface area contributed by atoms with Crippen molar-refractivity contribution in [2.45, 2.75) is 0 Å². The van der Waals surface area contributed by atoms with Crippen LogP contribution >= 0.6 is 0 Å². The van der Waals surface area contributed by atoms with Gasteiger partial charge in [-0.2, -0.15) is 0 Å². The summed E-state index contributed by atoms with van der Waals surface area (Å²) in [5.41, 5.74) is 12.6. The van der Waals surface area contributed by atoms with Crippen LogP contribution in [0.4, 0.5) is 0 Å². The average Bonchev–Trinajstić information content (AvgIpc) is 3.77. The molecule has 12 rings (SSSR count). The number of nitrogens with zero attached hydrogens (tertiary/aromatic N) is 7. The molecule has 0 radical (unpaired) electrons. The van der Waals surface area contributed by atoms with Crippen molar-refractivity contribution in [1.82, 2.24) is 34.5 Å². The molecule has 0 saturated heterocycles. The Hall–Kier alpha value is -9.20. The fourth-order valence-electron chi connectivity index (χ4n) is 8.99. The van der Waals surface area contributed by atoms with Crippen molar-refractivity contribution in [3.63, 3.8) is 0 Å². The van der Waals surface area contributed by atoms with Gasteiger partial charge >= 0.3 is 0 Å². The molecule has 0 unspecified atom stereocenters. The first-order valence-electron chi connectivity index (χ1n) is 22.3. The molecule has 0 bridgehead atoms. The highest BCUT2D eigenvalue weighted by Crippen LogP contribution is 2.46. The Bertz CT molecular complexity index is 3600. The van der Waals surface area contributed by atoms with Crippen LogP contribution in [0.3, 0.4) is 0 Å². The van der Waals surface area contributed by atoms with Gasteiger partial charge in [0.2, 0.25) is 0 Å². The maximum atomic E-state index is 5.34. The Labute approximate surface area is 387 Å². The summed E-state index contributed by atoms with van der Waals surface area (Å²) in [7, 11) is 0. The predicted molar refractivity (Wildman–Crippen MR) is 271 cm³/mol. The summed E-state index contributed by atoms with van der Waals surface area (Å²) in [6.07, 6.45) is 0. The smallest absolute Gasteiger partial charge is 0.164 e. The minimum atomic E-state index is 0.521. The molecule has 0 atom stereocenters. The zero-order valence-electron chi connectivity index (χ0n) is 36.1. The van der Waals surface area contributed by atoms with Crippen molar-refractivity contribution in [3.05, 3.63) is 237 Å². The molecule has 0 aliphatic rings. The SMILES string of the molecule is c1ccc(-c2nc(-c3ccccc3)nc(-c3ccc(-c4ccc(-c5ccccc5)c5c6ccccc6n(-c6ccccc6)c45)c(-c4nc(-c5ccccc5)nc(-c5ccccc5)n4)c3)n2)cc1. The summed E-state index contributed by atoms with van der Waals surface area (Å²) < 4.78 is 2.40. The Balaban J connectivity index is 1.19. The van der Waals surface area contributed by atoms with E-state index in [0.29, 0.717) is 34.9 Å². The molecular formula is C60H39N7. The van der Waals surface area contributed by atoms with Crippen LogP contribution in [0.5, 0.6) is 0 Å². The summed E-state index contributed by atoms with van der Waals surface area (Å²) in [6.45, 7) is 0. The summed E-state index contributed by atoms with van der Waals surface area (Å²) in [6, 6.07) is 81.2. The third-order valence-corrected chi connectivity index (χ3v) is 12.1. The lowest BCUT2D eigenvalue weighted by Crippen LogP contribution is -2.03. The second-order valence-electron chi connectivity index (χ2n) is 16.3. The molecule has 0 aliphatic carbocycles. The summed E-state index contributed by atoms with van der Waals surface area (Å²) in [4.78, 5) is 31.1. The van der Waals surface area contributed by atoms with Gasteiger partial charge < -0.3 is 4.57 Å². The maximum absolute atomic E-state index is 5.34. The van der Waals surface area contributed by atoms with E-state index in [1.54, 1.807) is 0 Å². The molecule has 7 heteroatoms. The fraction of sp³-hybridized carbons (Fsp3) is 0. The summed E-state index contributed by atoms with van der Waals surface area (Å²) >= 11 is 0. The second kappa shape index (κ2) is 17.1. The van der Waals surface area contributed by atoms with E-state index in [-0.39, 0.29) is 0 Å². The quantitative estimate of drug-likeness (QED) is 0.144. The molecular weight excluding hydrogens is 819 g/mol. The van der Waals surface area contributed by atoms with Crippen LogP contribution in [0.1, 0.15) is 0 Å². The Morgan fingerprint density at radius 2 is 0.627 bits per heavy atom. The lowest BCUT2D eigenvalue weighted by Gasteiger charge is -2.17. The molecule has 0 spiro atoms. The van der Waals surface area contributed by atoms with Gasteiger partial charge in [0.05, 0.1) is 11.0 Å². The second-order valence-corrected chi connectivity index (χ2v) is 16.3. The van der Waals surface area contributed by atoms with Gasteiger partial charge in [0.15, 0.2) is 34.9 Å². The minimum Gasteiger partial charge on any atom is -0.309 e. The third kappa shape index (κ3) is 7.40. The number of hydrogen-bond donors (Lipinski definition) is 0. The van der Waals surface area contributed by atoms with E-state index in [4.69, 9.17) is 29.9 Å². The van der Waals surface area contributed by atoms with E-state index in [1.165, 1.54) is 0 Å². The molecule has 0 N–H and O–H groups in total. The van der Waals surface area contributed by atoms with Gasteiger partial charge in [0.25, 0.3) is 0 Å². The molecule has 3 heterocycles. The number of fused-ring (bicyclic) bond motifs is 3. The molecule has 0 amide bonds. The van der Waals surface area contributed by atoms with Gasteiger partial charge in [-0.25, -0.2) is 29.9 Å². The topological polar surface area (TPSA) is 82.3 Å². The first-order valence-corrected chi connectivity index (χ1v) is 22.3. The Kier molecular flexibility index (Phi) is 10.0. The maximum Gasteiger partial charge on any atom is 0.164 e. The third-order valence-electron chi connectivity index (χ3n) is 12.1. The molecule has 7 nitrogen and oxygen atoms in total. The van der Waals surface area contributed by atoms with Crippen LogP contribution < -0.4 is 0 Å². The molecule has 314 valence electrons. The highest BCUT2D eigenvalue weighted by molar-refractivity contribution is 6.20. The first kappa shape index (κ1) is 39.4. The van der Waals surface area contributed by atoms with E-state index in [1.807, 2.05) is 121 Å². The largest absolute Gasteiger partial charge is 0.309 e. The van der Waals surface area contributed by atoms with Gasteiger partial charge in [-0.3, -0.25) is 0 Å². The van der Waals surface area contributed by atoms with Crippen molar-refractivity contribution in [2.24, 2.45) is 0 Å². The van der Waals surface area contributed by atoms with E-state index >= 15 is 0 Å². The van der Waals surface area contributed by atoms with Gasteiger partial charge in [-0.15, -0.1) is 0 Å². The molecule has 12 aromatic rings. The van der Waals surface area contributed by atoms with E-state index in [0.717, 1.165) is 83.1 Å². The number of rotatable bonds is 9. The molecule has 3 aromatic heterocycles. The monoisotopic (exact) mass is 857 g/mol. The molecule has 0 aliphatic heterocycles. The van der Waals surface area contributed by atoms with Crippen molar-refractivity contribution in [3.8, 4) is 96.3 Å². The minimum absolute atomic E-state index is 0.521. The van der Waals surface area contributed by atoms with Crippen LogP contribution in [0.2, 0.25) is 0 Å². The van der Waals surface area contributed by atoms with Gasteiger partial charge in [-0.05, 0) is 41.0 Å². The highest BCUT2D eigenvalue weighted by Gasteiger charge is 2.24. The zero-order valence-corrected chi connectivity index (χ0v) is 36.1. The average molecular weight is 858 g/mol. The fourth-order valence-corrected chi connectivity index (χ4v) is 8.99. The number of para-hydroxylation sites is 2. The first-order chi connectivity index (χ1) is 33.2. The van der Waals surface area contributed by atoms with Gasteiger partial charge in [0, 0.05) is 55.4 Å². The van der Waals surface area contributed by atoms with E-state index in [2.05, 4.69) is 120 Å². The zero-order chi connectivity index (χ0) is 44.5. The lowest BCUT2D eigenvalue weighted by molar-refractivity contribution is 1.07. The molecule has 0 fully saturated rings. The van der Waals surface area contributed by atoms with Crippen molar-refractivity contribution in [1.29, 1.82) is 0 Å².